The van der Waals surface area contributed by atoms with E-state index in [1.54, 1.807) is 60.9 Å². The van der Waals surface area contributed by atoms with Crippen LogP contribution in [0.4, 0.5) is 10.2 Å². The van der Waals surface area contributed by atoms with Crippen LogP contribution >= 0.6 is 11.6 Å². The molecule has 0 aliphatic carbocycles. The molecule has 1 aromatic carbocycles. The van der Waals surface area contributed by atoms with Crippen molar-refractivity contribution in [1.82, 2.24) is 19.9 Å². The van der Waals surface area contributed by atoms with Crippen molar-refractivity contribution in [1.29, 1.82) is 0 Å². The highest BCUT2D eigenvalue weighted by molar-refractivity contribution is 7.92. The standard InChI is InChI=1S/C25H19ClFN5O2S/c26-18-9-21-22(15-32-25(21)31-13-18)24(35(33,34)20-4-2-1-3-5-20)17-6-7-23(30-12-17)29-11-16-8-19(27)14-28-10-16/h1-10,12-15,24H,11H2,(H,29,30)(H,31,32). The van der Waals surface area contributed by atoms with E-state index in [1.807, 2.05) is 0 Å². The van der Waals surface area contributed by atoms with Gasteiger partial charge in [0.1, 0.15) is 22.5 Å². The van der Waals surface area contributed by atoms with Crippen LogP contribution in [-0.2, 0) is 16.4 Å². The molecule has 10 heteroatoms. The summed E-state index contributed by atoms with van der Waals surface area (Å²) < 4.78 is 41.0. The van der Waals surface area contributed by atoms with Crippen LogP contribution in [0.25, 0.3) is 11.0 Å². The third-order valence-corrected chi connectivity index (χ3v) is 7.80. The molecule has 7 nitrogen and oxygen atoms in total. The molecule has 35 heavy (non-hydrogen) atoms. The monoisotopic (exact) mass is 507 g/mol. The van der Waals surface area contributed by atoms with Crippen LogP contribution in [-0.4, -0.2) is 28.4 Å². The van der Waals surface area contributed by atoms with Crippen molar-refractivity contribution in [2.24, 2.45) is 0 Å². The van der Waals surface area contributed by atoms with E-state index in [9.17, 15) is 12.8 Å². The van der Waals surface area contributed by atoms with Gasteiger partial charge in [-0.1, -0.05) is 35.9 Å². The SMILES string of the molecule is O=S(=O)(c1ccccc1)C(c1ccc(NCc2cncc(F)c2)nc1)c1c[nH]c2ncc(Cl)cc12. The van der Waals surface area contributed by atoms with Crippen LogP contribution in [0, 0.1) is 5.82 Å². The molecule has 5 rings (SSSR count). The molecule has 5 aromatic rings. The number of aromatic amines is 1. The van der Waals surface area contributed by atoms with Crippen LogP contribution in [0.2, 0.25) is 5.02 Å². The third-order valence-electron chi connectivity index (χ3n) is 5.52. The molecule has 4 aromatic heterocycles. The quantitative estimate of drug-likeness (QED) is 0.309. The van der Waals surface area contributed by atoms with E-state index < -0.39 is 20.9 Å². The largest absolute Gasteiger partial charge is 0.366 e. The van der Waals surface area contributed by atoms with Crippen molar-refractivity contribution in [3.63, 3.8) is 0 Å². The number of hydrogen-bond donors (Lipinski definition) is 2. The Morgan fingerprint density at radius 2 is 1.83 bits per heavy atom. The second-order valence-corrected chi connectivity index (χ2v) is 10.3. The van der Waals surface area contributed by atoms with Gasteiger partial charge in [0.15, 0.2) is 9.84 Å². The number of fused-ring (bicyclic) bond motifs is 1. The number of hydrogen-bond acceptors (Lipinski definition) is 6. The first-order valence-electron chi connectivity index (χ1n) is 10.6. The second-order valence-electron chi connectivity index (χ2n) is 7.87. The molecule has 0 saturated carbocycles. The van der Waals surface area contributed by atoms with Gasteiger partial charge in [0.25, 0.3) is 0 Å². The van der Waals surface area contributed by atoms with E-state index in [0.29, 0.717) is 45.1 Å². The lowest BCUT2D eigenvalue weighted by Crippen LogP contribution is -2.15. The number of nitrogens with one attached hydrogen (secondary N) is 2. The van der Waals surface area contributed by atoms with Gasteiger partial charge in [0.2, 0.25) is 0 Å². The van der Waals surface area contributed by atoms with E-state index in [-0.39, 0.29) is 4.90 Å². The molecule has 1 atom stereocenters. The number of nitrogens with zero attached hydrogens (tertiary/aromatic N) is 3. The molecule has 0 aliphatic rings. The fraction of sp³-hybridized carbons (Fsp3) is 0.0800. The van der Waals surface area contributed by atoms with E-state index in [1.165, 1.54) is 18.5 Å². The Morgan fingerprint density at radius 3 is 2.57 bits per heavy atom. The average Bonchev–Trinajstić information content (AvgIpc) is 3.26. The van der Waals surface area contributed by atoms with Crippen LogP contribution in [0.15, 0.2) is 90.5 Å². The molecule has 0 fully saturated rings. The minimum Gasteiger partial charge on any atom is -0.366 e. The highest BCUT2D eigenvalue weighted by Crippen LogP contribution is 2.38. The van der Waals surface area contributed by atoms with Crippen LogP contribution < -0.4 is 5.32 Å². The molecule has 0 radical (unpaired) electrons. The van der Waals surface area contributed by atoms with E-state index in [4.69, 9.17) is 11.6 Å². The van der Waals surface area contributed by atoms with Crippen molar-refractivity contribution in [3.05, 3.63) is 113 Å². The highest BCUT2D eigenvalue weighted by Gasteiger charge is 2.33. The van der Waals surface area contributed by atoms with E-state index in [2.05, 4.69) is 25.3 Å². The third kappa shape index (κ3) is 4.73. The molecule has 0 bridgehead atoms. The van der Waals surface area contributed by atoms with Crippen molar-refractivity contribution in [2.45, 2.75) is 16.7 Å². The first kappa shape index (κ1) is 22.9. The number of halogens is 2. The second kappa shape index (κ2) is 9.44. The Morgan fingerprint density at radius 1 is 1.00 bits per heavy atom. The Kier molecular flexibility index (Phi) is 6.19. The topological polar surface area (TPSA) is 101 Å². The lowest BCUT2D eigenvalue weighted by Gasteiger charge is -2.18. The lowest BCUT2D eigenvalue weighted by atomic mass is 10.1. The summed E-state index contributed by atoms with van der Waals surface area (Å²) >= 11 is 6.17. The van der Waals surface area contributed by atoms with E-state index >= 15 is 0 Å². The summed E-state index contributed by atoms with van der Waals surface area (Å²) in [4.78, 5) is 15.7. The Hall–Kier alpha value is -3.82. The summed E-state index contributed by atoms with van der Waals surface area (Å²) in [6.45, 7) is 0.315. The van der Waals surface area contributed by atoms with Crippen molar-refractivity contribution in [2.75, 3.05) is 5.32 Å². The average molecular weight is 508 g/mol. The zero-order chi connectivity index (χ0) is 24.4. The van der Waals surface area contributed by atoms with Gasteiger partial charge in [-0.05, 0) is 41.5 Å². The van der Waals surface area contributed by atoms with Crippen LogP contribution in [0.3, 0.4) is 0 Å². The molecule has 176 valence electrons. The number of anilines is 1. The van der Waals surface area contributed by atoms with E-state index in [0.717, 1.165) is 6.20 Å². The molecule has 0 amide bonds. The van der Waals surface area contributed by atoms with Crippen molar-refractivity contribution in [3.8, 4) is 0 Å². The van der Waals surface area contributed by atoms with Crippen LogP contribution in [0.5, 0.6) is 0 Å². The number of benzene rings is 1. The summed E-state index contributed by atoms with van der Waals surface area (Å²) in [5.41, 5.74) is 2.19. The summed E-state index contributed by atoms with van der Waals surface area (Å²) in [5.74, 6) is 0.0902. The molecule has 0 spiro atoms. The first-order chi connectivity index (χ1) is 16.9. The Labute approximate surface area is 206 Å². The molecular formula is C25H19ClFN5O2S. The number of H-pyrrole nitrogens is 1. The van der Waals surface area contributed by atoms with Gasteiger partial charge in [-0.15, -0.1) is 0 Å². The minimum atomic E-state index is -3.86. The van der Waals surface area contributed by atoms with Crippen molar-refractivity contribution < 1.29 is 12.8 Å². The van der Waals surface area contributed by atoms with Gasteiger partial charge >= 0.3 is 0 Å². The normalized spacial score (nSPS) is 12.5. The molecule has 0 saturated heterocycles. The Balaban J connectivity index is 1.53. The Bertz CT molecular complexity index is 1590. The van der Waals surface area contributed by atoms with Gasteiger partial charge in [-0.25, -0.2) is 22.8 Å². The summed E-state index contributed by atoms with van der Waals surface area (Å²) in [7, 11) is -3.86. The van der Waals surface area contributed by atoms with Gasteiger partial charge < -0.3 is 10.3 Å². The number of pyridine rings is 3. The summed E-state index contributed by atoms with van der Waals surface area (Å²) in [6, 6.07) is 14.7. The maximum Gasteiger partial charge on any atom is 0.189 e. The fourth-order valence-corrected chi connectivity index (χ4v) is 5.89. The lowest BCUT2D eigenvalue weighted by molar-refractivity contribution is 0.589. The summed E-state index contributed by atoms with van der Waals surface area (Å²) in [6.07, 6.45) is 7.36. The predicted molar refractivity (Wildman–Crippen MR) is 132 cm³/mol. The minimum absolute atomic E-state index is 0.190. The van der Waals surface area contributed by atoms with Crippen LogP contribution in [0.1, 0.15) is 21.9 Å². The highest BCUT2D eigenvalue weighted by atomic mass is 35.5. The first-order valence-corrected chi connectivity index (χ1v) is 12.5. The molecular weight excluding hydrogens is 489 g/mol. The number of sulfone groups is 1. The maximum atomic E-state index is 13.8. The predicted octanol–water partition coefficient (Wildman–Crippen LogP) is 5.32. The molecule has 1 unspecified atom stereocenters. The van der Waals surface area contributed by atoms with Crippen molar-refractivity contribution >= 4 is 38.3 Å². The zero-order valence-electron chi connectivity index (χ0n) is 18.2. The molecule has 4 heterocycles. The molecule has 0 aliphatic heterocycles. The fourth-order valence-electron chi connectivity index (χ4n) is 3.90. The van der Waals surface area contributed by atoms with Gasteiger partial charge in [-0.3, -0.25) is 4.98 Å². The van der Waals surface area contributed by atoms with Gasteiger partial charge in [0.05, 0.1) is 16.1 Å². The van der Waals surface area contributed by atoms with Gasteiger partial charge in [0, 0.05) is 42.3 Å². The van der Waals surface area contributed by atoms with Gasteiger partial charge in [-0.2, -0.15) is 0 Å². The number of rotatable bonds is 7. The maximum absolute atomic E-state index is 13.8. The smallest absolute Gasteiger partial charge is 0.189 e. The number of aromatic nitrogens is 4. The zero-order valence-corrected chi connectivity index (χ0v) is 19.8. The summed E-state index contributed by atoms with van der Waals surface area (Å²) in [5, 5.41) is 3.06. The molecule has 2 N–H and O–H groups in total.